The lowest BCUT2D eigenvalue weighted by Crippen LogP contribution is -2.34. The van der Waals surface area contributed by atoms with Gasteiger partial charge in [0.25, 0.3) is 0 Å². The van der Waals surface area contributed by atoms with Gasteiger partial charge < -0.3 is 10.6 Å². The molecule has 2 fully saturated rings. The van der Waals surface area contributed by atoms with Crippen molar-refractivity contribution in [2.24, 2.45) is 11.3 Å². The molecule has 1 aromatic rings. The standard InChI is InChI=1S/C17H23FN2O.ClH/c18-15-6-2-1-4-13(15)5-3-9-20-16(21)14-12-17(14)7-10-19-11-8-17;/h1-2,4,6,14,19H,3,5,7-12H2,(H,20,21);1H. The molecule has 0 aromatic heterocycles. The summed E-state index contributed by atoms with van der Waals surface area (Å²) in [5, 5.41) is 6.37. The average Bonchev–Trinajstić information content (AvgIpc) is 3.19. The molecule has 1 heterocycles. The number of nitrogens with one attached hydrogen (secondary N) is 2. The van der Waals surface area contributed by atoms with E-state index in [2.05, 4.69) is 10.6 Å². The molecule has 1 aliphatic heterocycles. The van der Waals surface area contributed by atoms with Gasteiger partial charge >= 0.3 is 0 Å². The summed E-state index contributed by atoms with van der Waals surface area (Å²) in [6.07, 6.45) is 4.76. The predicted molar refractivity (Wildman–Crippen MR) is 87.6 cm³/mol. The van der Waals surface area contributed by atoms with Gasteiger partial charge in [-0.1, -0.05) is 18.2 Å². The van der Waals surface area contributed by atoms with Crippen molar-refractivity contribution in [2.75, 3.05) is 19.6 Å². The molecular weight excluding hydrogens is 303 g/mol. The molecule has 1 unspecified atom stereocenters. The van der Waals surface area contributed by atoms with Crippen molar-refractivity contribution in [2.45, 2.75) is 32.1 Å². The quantitative estimate of drug-likeness (QED) is 0.817. The zero-order chi connectivity index (χ0) is 14.7. The Hall–Kier alpha value is -1.13. The van der Waals surface area contributed by atoms with E-state index < -0.39 is 0 Å². The molecule has 1 saturated heterocycles. The number of halogens is 2. The Morgan fingerprint density at radius 2 is 2.05 bits per heavy atom. The van der Waals surface area contributed by atoms with Crippen molar-refractivity contribution in [1.29, 1.82) is 0 Å². The topological polar surface area (TPSA) is 41.1 Å². The van der Waals surface area contributed by atoms with Crippen LogP contribution in [0, 0.1) is 17.2 Å². The third-order valence-corrected chi connectivity index (χ3v) is 4.99. The van der Waals surface area contributed by atoms with Crippen molar-refractivity contribution in [3.05, 3.63) is 35.6 Å². The summed E-state index contributed by atoms with van der Waals surface area (Å²) in [6, 6.07) is 6.84. The van der Waals surface area contributed by atoms with E-state index in [1.54, 1.807) is 6.07 Å². The summed E-state index contributed by atoms with van der Waals surface area (Å²) in [6.45, 7) is 2.71. The Morgan fingerprint density at radius 1 is 1.32 bits per heavy atom. The maximum absolute atomic E-state index is 13.5. The number of aryl methyl sites for hydroxylation is 1. The van der Waals surface area contributed by atoms with Crippen molar-refractivity contribution in [3.63, 3.8) is 0 Å². The molecule has 122 valence electrons. The van der Waals surface area contributed by atoms with Crippen LogP contribution in [-0.2, 0) is 11.2 Å². The number of hydrogen-bond donors (Lipinski definition) is 2. The zero-order valence-corrected chi connectivity index (χ0v) is 13.6. The highest BCUT2D eigenvalue weighted by Crippen LogP contribution is 2.58. The van der Waals surface area contributed by atoms with E-state index in [0.29, 0.717) is 18.4 Å². The molecule has 2 aliphatic rings. The van der Waals surface area contributed by atoms with Crippen molar-refractivity contribution in [3.8, 4) is 0 Å². The molecular formula is C17H24ClFN2O. The molecule has 1 atom stereocenters. The van der Waals surface area contributed by atoms with Crippen LogP contribution in [0.25, 0.3) is 0 Å². The summed E-state index contributed by atoms with van der Waals surface area (Å²) in [7, 11) is 0. The number of amides is 1. The molecule has 1 amide bonds. The van der Waals surface area contributed by atoms with Crippen LogP contribution >= 0.6 is 12.4 Å². The minimum atomic E-state index is -0.153. The zero-order valence-electron chi connectivity index (χ0n) is 12.7. The smallest absolute Gasteiger partial charge is 0.223 e. The summed E-state index contributed by atoms with van der Waals surface area (Å²) < 4.78 is 13.5. The van der Waals surface area contributed by atoms with Gasteiger partial charge in [0.1, 0.15) is 5.82 Å². The molecule has 1 saturated carbocycles. The molecule has 3 rings (SSSR count). The number of piperidine rings is 1. The largest absolute Gasteiger partial charge is 0.356 e. The first kappa shape index (κ1) is 17.2. The third kappa shape index (κ3) is 3.79. The summed E-state index contributed by atoms with van der Waals surface area (Å²) in [5.74, 6) is 0.262. The predicted octanol–water partition coefficient (Wildman–Crippen LogP) is 2.69. The minimum Gasteiger partial charge on any atom is -0.356 e. The van der Waals surface area contributed by atoms with E-state index in [1.165, 1.54) is 6.07 Å². The minimum absolute atomic E-state index is 0. The maximum Gasteiger partial charge on any atom is 0.223 e. The number of carbonyl (C=O) groups is 1. The van der Waals surface area contributed by atoms with Gasteiger partial charge in [-0.3, -0.25) is 4.79 Å². The molecule has 1 aromatic carbocycles. The van der Waals surface area contributed by atoms with E-state index in [0.717, 1.165) is 44.3 Å². The van der Waals surface area contributed by atoms with E-state index in [-0.39, 0.29) is 30.0 Å². The molecule has 5 heteroatoms. The van der Waals surface area contributed by atoms with E-state index in [9.17, 15) is 9.18 Å². The number of carbonyl (C=O) groups excluding carboxylic acids is 1. The number of benzene rings is 1. The van der Waals surface area contributed by atoms with Gasteiger partial charge in [0.2, 0.25) is 5.91 Å². The average molecular weight is 327 g/mol. The summed E-state index contributed by atoms with van der Waals surface area (Å²) in [5.41, 5.74) is 1.02. The van der Waals surface area contributed by atoms with Crippen LogP contribution in [-0.4, -0.2) is 25.5 Å². The molecule has 3 nitrogen and oxygen atoms in total. The number of rotatable bonds is 5. The maximum atomic E-state index is 13.5. The van der Waals surface area contributed by atoms with Gasteiger partial charge in [-0.05, 0) is 62.2 Å². The SMILES string of the molecule is Cl.O=C(NCCCc1ccccc1F)C1CC12CCNCC2. The fourth-order valence-corrected chi connectivity index (χ4v) is 3.51. The summed E-state index contributed by atoms with van der Waals surface area (Å²) in [4.78, 5) is 12.2. The Morgan fingerprint density at radius 3 is 2.77 bits per heavy atom. The Bertz CT molecular complexity index is 517. The van der Waals surface area contributed by atoms with E-state index in [1.807, 2.05) is 12.1 Å². The van der Waals surface area contributed by atoms with E-state index in [4.69, 9.17) is 0 Å². The van der Waals surface area contributed by atoms with Crippen LogP contribution in [0.5, 0.6) is 0 Å². The van der Waals surface area contributed by atoms with Crippen molar-refractivity contribution in [1.82, 2.24) is 10.6 Å². The van der Waals surface area contributed by atoms with E-state index >= 15 is 0 Å². The fraction of sp³-hybridized carbons (Fsp3) is 0.588. The van der Waals surface area contributed by atoms with Crippen molar-refractivity contribution >= 4 is 18.3 Å². The van der Waals surface area contributed by atoms with Gasteiger partial charge in [-0.25, -0.2) is 4.39 Å². The van der Waals surface area contributed by atoms with Crippen molar-refractivity contribution < 1.29 is 9.18 Å². The van der Waals surface area contributed by atoms with Crippen LogP contribution in [0.3, 0.4) is 0 Å². The Balaban J connectivity index is 0.00000176. The lowest BCUT2D eigenvalue weighted by atomic mass is 9.92. The molecule has 2 N–H and O–H groups in total. The second kappa shape index (κ2) is 7.42. The van der Waals surface area contributed by atoms with Gasteiger partial charge in [0.05, 0.1) is 0 Å². The third-order valence-electron chi connectivity index (χ3n) is 4.99. The normalized spacial score (nSPS) is 22.0. The number of hydrogen-bond acceptors (Lipinski definition) is 2. The second-order valence-electron chi connectivity index (χ2n) is 6.36. The monoisotopic (exact) mass is 326 g/mol. The Labute approximate surface area is 137 Å². The second-order valence-corrected chi connectivity index (χ2v) is 6.36. The highest BCUT2D eigenvalue weighted by Gasteiger charge is 2.57. The fourth-order valence-electron chi connectivity index (χ4n) is 3.51. The van der Waals surface area contributed by atoms with Gasteiger partial charge in [-0.2, -0.15) is 0 Å². The molecule has 0 radical (unpaired) electrons. The summed E-state index contributed by atoms with van der Waals surface area (Å²) >= 11 is 0. The highest BCUT2D eigenvalue weighted by atomic mass is 35.5. The molecule has 1 spiro atoms. The molecule has 1 aliphatic carbocycles. The first-order valence-electron chi connectivity index (χ1n) is 7.93. The van der Waals surface area contributed by atoms with Crippen LogP contribution in [0.15, 0.2) is 24.3 Å². The van der Waals surface area contributed by atoms with Gasteiger partial charge in [0, 0.05) is 12.5 Å². The molecule has 22 heavy (non-hydrogen) atoms. The first-order chi connectivity index (χ1) is 10.2. The first-order valence-corrected chi connectivity index (χ1v) is 7.93. The van der Waals surface area contributed by atoms with Crippen LogP contribution in [0.4, 0.5) is 4.39 Å². The lowest BCUT2D eigenvalue weighted by molar-refractivity contribution is -0.123. The molecule has 0 bridgehead atoms. The van der Waals surface area contributed by atoms with Gasteiger partial charge in [-0.15, -0.1) is 12.4 Å². The lowest BCUT2D eigenvalue weighted by Gasteiger charge is -2.23. The van der Waals surface area contributed by atoms with Crippen LogP contribution in [0.2, 0.25) is 0 Å². The highest BCUT2D eigenvalue weighted by molar-refractivity contribution is 5.85. The van der Waals surface area contributed by atoms with Crippen LogP contribution in [0.1, 0.15) is 31.2 Å². The Kier molecular flexibility index (Phi) is 5.81. The van der Waals surface area contributed by atoms with Crippen LogP contribution < -0.4 is 10.6 Å². The van der Waals surface area contributed by atoms with Gasteiger partial charge in [0.15, 0.2) is 0 Å².